The van der Waals surface area contributed by atoms with Gasteiger partial charge < -0.3 is 14.2 Å². The highest BCUT2D eigenvalue weighted by Crippen LogP contribution is 2.28. The van der Waals surface area contributed by atoms with E-state index in [9.17, 15) is 9.59 Å². The van der Waals surface area contributed by atoms with Crippen LogP contribution >= 0.6 is 11.3 Å². The Balaban J connectivity index is 1.86. The number of esters is 1. The Hall–Kier alpha value is -2.60. The Bertz CT molecular complexity index is 776. The van der Waals surface area contributed by atoms with Crippen molar-refractivity contribution < 1.29 is 23.8 Å². The van der Waals surface area contributed by atoms with Gasteiger partial charge in [0.1, 0.15) is 0 Å². The minimum atomic E-state index is -0.610. The van der Waals surface area contributed by atoms with Crippen LogP contribution in [0.5, 0.6) is 11.5 Å². The fourth-order valence-electron chi connectivity index (χ4n) is 2.08. The van der Waals surface area contributed by atoms with Crippen LogP contribution in [0.2, 0.25) is 0 Å². The summed E-state index contributed by atoms with van der Waals surface area (Å²) in [6.07, 6.45) is 3.84. The third-order valence-corrected chi connectivity index (χ3v) is 4.31. The van der Waals surface area contributed by atoms with E-state index < -0.39 is 5.97 Å². The quantitative estimate of drug-likeness (QED) is 0.528. The zero-order valence-electron chi connectivity index (χ0n) is 14.4. The first-order valence-corrected chi connectivity index (χ1v) is 8.54. The van der Waals surface area contributed by atoms with Crippen LogP contribution in [0.4, 0.5) is 0 Å². The van der Waals surface area contributed by atoms with Gasteiger partial charge in [-0.2, -0.15) is 0 Å². The van der Waals surface area contributed by atoms with Crippen molar-refractivity contribution in [3.8, 4) is 11.5 Å². The third kappa shape index (κ3) is 5.46. The van der Waals surface area contributed by atoms with Crippen LogP contribution < -0.4 is 9.47 Å². The number of ketones is 1. The summed E-state index contributed by atoms with van der Waals surface area (Å²) in [5, 5.41) is 0. The van der Waals surface area contributed by atoms with Gasteiger partial charge >= 0.3 is 5.97 Å². The number of Topliss-reactive ketones (excluding diaryl/α,β-unsaturated/α-hetero) is 1. The molecule has 1 aromatic heterocycles. The van der Waals surface area contributed by atoms with Crippen molar-refractivity contribution in [2.45, 2.75) is 13.8 Å². The molecule has 5 nitrogen and oxygen atoms in total. The van der Waals surface area contributed by atoms with E-state index in [0.29, 0.717) is 16.4 Å². The van der Waals surface area contributed by atoms with Crippen molar-refractivity contribution in [1.82, 2.24) is 0 Å². The van der Waals surface area contributed by atoms with Crippen LogP contribution in [-0.2, 0) is 9.53 Å². The summed E-state index contributed by atoms with van der Waals surface area (Å²) >= 11 is 1.37. The summed E-state index contributed by atoms with van der Waals surface area (Å²) in [6.45, 7) is 3.25. The molecular formula is C19H20O5S. The van der Waals surface area contributed by atoms with Crippen molar-refractivity contribution in [3.05, 3.63) is 51.7 Å². The maximum absolute atomic E-state index is 11.9. The number of benzene rings is 1. The number of hydrogen-bond acceptors (Lipinski definition) is 6. The second-order valence-corrected chi connectivity index (χ2v) is 6.48. The molecule has 0 amide bonds. The topological polar surface area (TPSA) is 61.8 Å². The summed E-state index contributed by atoms with van der Waals surface area (Å²) in [5.41, 5.74) is 0.964. The molecule has 0 atom stereocenters. The van der Waals surface area contributed by atoms with E-state index in [1.807, 2.05) is 44.2 Å². The van der Waals surface area contributed by atoms with Crippen LogP contribution in [0.1, 0.15) is 27.0 Å². The summed E-state index contributed by atoms with van der Waals surface area (Å²) in [4.78, 5) is 25.3. The lowest BCUT2D eigenvalue weighted by Gasteiger charge is -2.11. The lowest BCUT2D eigenvalue weighted by Crippen LogP contribution is -2.19. The Morgan fingerprint density at radius 3 is 2.56 bits per heavy atom. The second kappa shape index (κ2) is 9.03. The van der Waals surface area contributed by atoms with Gasteiger partial charge in [-0.3, -0.25) is 4.79 Å². The molecule has 2 aromatic rings. The van der Waals surface area contributed by atoms with E-state index in [-0.39, 0.29) is 19.0 Å². The highest BCUT2D eigenvalue weighted by atomic mass is 32.1. The van der Waals surface area contributed by atoms with E-state index in [2.05, 4.69) is 0 Å². The Morgan fingerprint density at radius 1 is 1.12 bits per heavy atom. The van der Waals surface area contributed by atoms with Crippen molar-refractivity contribution in [1.29, 1.82) is 0 Å². The number of thiophene rings is 1. The maximum atomic E-state index is 11.9. The number of rotatable bonds is 8. The van der Waals surface area contributed by atoms with Gasteiger partial charge in [0.05, 0.1) is 12.0 Å². The van der Waals surface area contributed by atoms with E-state index in [1.54, 1.807) is 12.1 Å². The first-order valence-electron chi connectivity index (χ1n) is 7.72. The van der Waals surface area contributed by atoms with Crippen molar-refractivity contribution in [3.63, 3.8) is 0 Å². The molecule has 0 aliphatic rings. The molecule has 0 saturated heterocycles. The number of ether oxygens (including phenoxy) is 3. The largest absolute Gasteiger partial charge is 0.493 e. The first kappa shape index (κ1) is 18.7. The van der Waals surface area contributed by atoms with Crippen molar-refractivity contribution in [2.24, 2.45) is 0 Å². The van der Waals surface area contributed by atoms with E-state index in [1.165, 1.54) is 18.4 Å². The fraction of sp³-hybridized carbons (Fsp3) is 0.263. The molecule has 0 fully saturated rings. The van der Waals surface area contributed by atoms with Gasteiger partial charge in [-0.15, -0.1) is 11.3 Å². The predicted octanol–water partition coefficient (Wildman–Crippen LogP) is 3.90. The minimum Gasteiger partial charge on any atom is -0.493 e. The summed E-state index contributed by atoms with van der Waals surface area (Å²) in [6, 6.07) is 8.96. The summed E-state index contributed by atoms with van der Waals surface area (Å²) in [5.74, 6) is 0.127. The van der Waals surface area contributed by atoms with E-state index in [4.69, 9.17) is 14.2 Å². The Labute approximate surface area is 150 Å². The van der Waals surface area contributed by atoms with Crippen molar-refractivity contribution >= 4 is 29.2 Å². The first-order chi connectivity index (χ1) is 12.0. The summed E-state index contributed by atoms with van der Waals surface area (Å²) < 4.78 is 15.7. The van der Waals surface area contributed by atoms with Gasteiger partial charge in [0.15, 0.2) is 24.7 Å². The molecule has 6 heteroatoms. The number of carbonyl (C=O) groups excluding carboxylic acids is 2. The second-order valence-electron chi connectivity index (χ2n) is 5.19. The van der Waals surface area contributed by atoms with Gasteiger partial charge in [0, 0.05) is 4.88 Å². The normalized spacial score (nSPS) is 10.7. The molecule has 0 spiro atoms. The number of methoxy groups -OCH3 is 1. The third-order valence-electron chi connectivity index (χ3n) is 3.27. The molecule has 0 aliphatic carbocycles. The zero-order chi connectivity index (χ0) is 18.2. The molecular weight excluding hydrogens is 340 g/mol. The van der Waals surface area contributed by atoms with Crippen LogP contribution in [0, 0.1) is 6.92 Å². The maximum Gasteiger partial charge on any atom is 0.344 e. The predicted molar refractivity (Wildman–Crippen MR) is 97.5 cm³/mol. The van der Waals surface area contributed by atoms with Gasteiger partial charge in [-0.1, -0.05) is 18.2 Å². The molecule has 1 aromatic carbocycles. The average molecular weight is 360 g/mol. The number of allylic oxidation sites excluding steroid dienone is 1. The number of carbonyl (C=O) groups is 2. The molecule has 0 bridgehead atoms. The van der Waals surface area contributed by atoms with Crippen molar-refractivity contribution in [2.75, 3.05) is 20.3 Å². The highest BCUT2D eigenvalue weighted by Gasteiger charge is 2.13. The van der Waals surface area contributed by atoms with Gasteiger partial charge in [-0.25, -0.2) is 4.79 Å². The standard InChI is InChI=1S/C19H20O5S/c1-4-5-14-7-8-16(17(10-14)22-3)23-12-19(21)24-11-15(20)18-9-6-13(2)25-18/h4-10H,11-12H2,1-3H3/b5-4+. The average Bonchev–Trinajstić information content (AvgIpc) is 3.05. The minimum absolute atomic E-state index is 0.222. The molecule has 132 valence electrons. The molecule has 0 N–H and O–H groups in total. The fourth-order valence-corrected chi connectivity index (χ4v) is 2.87. The number of hydrogen-bond donors (Lipinski definition) is 0. The molecule has 0 aliphatic heterocycles. The van der Waals surface area contributed by atoms with E-state index >= 15 is 0 Å². The van der Waals surface area contributed by atoms with E-state index in [0.717, 1.165) is 10.4 Å². The molecule has 2 rings (SSSR count). The van der Waals surface area contributed by atoms with Gasteiger partial charge in [0.25, 0.3) is 0 Å². The zero-order valence-corrected chi connectivity index (χ0v) is 15.2. The van der Waals surface area contributed by atoms with Crippen LogP contribution in [0.15, 0.2) is 36.4 Å². The Kier molecular flexibility index (Phi) is 6.77. The molecule has 0 unspecified atom stereocenters. The molecule has 25 heavy (non-hydrogen) atoms. The molecule has 0 saturated carbocycles. The molecule has 1 heterocycles. The lowest BCUT2D eigenvalue weighted by atomic mass is 10.2. The van der Waals surface area contributed by atoms with Crippen LogP contribution in [0.25, 0.3) is 6.08 Å². The van der Waals surface area contributed by atoms with Gasteiger partial charge in [-0.05, 0) is 43.7 Å². The lowest BCUT2D eigenvalue weighted by molar-refractivity contribution is -0.144. The smallest absolute Gasteiger partial charge is 0.344 e. The van der Waals surface area contributed by atoms with Crippen LogP contribution in [-0.4, -0.2) is 32.1 Å². The Morgan fingerprint density at radius 2 is 1.92 bits per heavy atom. The molecule has 0 radical (unpaired) electrons. The van der Waals surface area contributed by atoms with Crippen LogP contribution in [0.3, 0.4) is 0 Å². The summed E-state index contributed by atoms with van der Waals surface area (Å²) in [7, 11) is 1.53. The highest BCUT2D eigenvalue weighted by molar-refractivity contribution is 7.14. The number of aryl methyl sites for hydroxylation is 1. The van der Waals surface area contributed by atoms with Gasteiger partial charge in [0.2, 0.25) is 5.78 Å². The SMILES string of the molecule is C/C=C/c1ccc(OCC(=O)OCC(=O)c2ccc(C)s2)c(OC)c1. The monoisotopic (exact) mass is 360 g/mol.